The van der Waals surface area contributed by atoms with E-state index in [1.165, 1.54) is 5.56 Å². The van der Waals surface area contributed by atoms with Gasteiger partial charge in [0.15, 0.2) is 12.4 Å². The van der Waals surface area contributed by atoms with Crippen LogP contribution >= 0.6 is 15.9 Å². The van der Waals surface area contributed by atoms with Crippen molar-refractivity contribution in [2.75, 3.05) is 20.2 Å². The van der Waals surface area contributed by atoms with Crippen molar-refractivity contribution in [3.8, 4) is 0 Å². The molecule has 146 valence electrons. The molecule has 0 unspecified atom stereocenters. The smallest absolute Gasteiger partial charge is 0.323 e. The first-order valence-corrected chi connectivity index (χ1v) is 10.9. The predicted molar refractivity (Wildman–Crippen MR) is 108 cm³/mol. The summed E-state index contributed by atoms with van der Waals surface area (Å²) in [5, 5.41) is 0. The molecule has 1 aliphatic heterocycles. The Bertz CT molecular complexity index is 705. The Morgan fingerprint density at radius 1 is 1.11 bits per heavy atom. The zero-order chi connectivity index (χ0) is 19.1. The standard InChI is InChI=1S/C22H28BrNO3/c1-24-14-2-3-18(24)20(26)27-15-19(25)22-11-8-21(9-12-22,10-13-22)16-4-6-17(23)7-5-16/h4-7,18H,2-3,8-15H2,1H3/t18-,21?,22?/m0/s1. The van der Waals surface area contributed by atoms with E-state index in [0.29, 0.717) is 0 Å². The first kappa shape index (κ1) is 19.1. The minimum Gasteiger partial charge on any atom is -0.456 e. The van der Waals surface area contributed by atoms with Crippen molar-refractivity contribution in [3.05, 3.63) is 34.3 Å². The number of carbonyl (C=O) groups excluding carboxylic acids is 2. The van der Waals surface area contributed by atoms with Gasteiger partial charge in [-0.25, -0.2) is 0 Å². The Morgan fingerprint density at radius 3 is 2.30 bits per heavy atom. The van der Waals surface area contributed by atoms with Crippen LogP contribution in [0.5, 0.6) is 0 Å². The summed E-state index contributed by atoms with van der Waals surface area (Å²) in [5.74, 6) is -0.0869. The number of rotatable bonds is 5. The monoisotopic (exact) mass is 433 g/mol. The van der Waals surface area contributed by atoms with Crippen LogP contribution in [0.3, 0.4) is 0 Å². The molecule has 1 atom stereocenters. The number of ether oxygens (including phenoxy) is 1. The zero-order valence-electron chi connectivity index (χ0n) is 16.0. The van der Waals surface area contributed by atoms with E-state index in [9.17, 15) is 9.59 Å². The predicted octanol–water partition coefficient (Wildman–Crippen LogP) is 4.25. The summed E-state index contributed by atoms with van der Waals surface area (Å²) in [6.45, 7) is 0.879. The molecule has 3 saturated carbocycles. The maximum Gasteiger partial charge on any atom is 0.323 e. The Hall–Kier alpha value is -1.20. The average molecular weight is 434 g/mol. The zero-order valence-corrected chi connectivity index (χ0v) is 17.6. The van der Waals surface area contributed by atoms with Crippen LogP contribution in [0.25, 0.3) is 0 Å². The van der Waals surface area contributed by atoms with Crippen molar-refractivity contribution in [3.63, 3.8) is 0 Å². The second kappa shape index (κ2) is 7.32. The first-order valence-electron chi connectivity index (χ1n) is 10.1. The molecule has 0 radical (unpaired) electrons. The van der Waals surface area contributed by atoms with Gasteiger partial charge in [-0.1, -0.05) is 28.1 Å². The first-order chi connectivity index (χ1) is 12.9. The van der Waals surface area contributed by atoms with E-state index in [0.717, 1.165) is 62.4 Å². The molecule has 1 aromatic carbocycles. The second-order valence-electron chi connectivity index (χ2n) is 8.74. The molecule has 1 aromatic rings. The molecule has 4 aliphatic rings. The lowest BCUT2D eigenvalue weighted by atomic mass is 9.51. The fourth-order valence-corrected chi connectivity index (χ4v) is 5.70. The van der Waals surface area contributed by atoms with E-state index < -0.39 is 0 Å². The summed E-state index contributed by atoms with van der Waals surface area (Å²) in [7, 11) is 1.95. The van der Waals surface area contributed by atoms with Crippen LogP contribution in [0, 0.1) is 5.41 Å². The van der Waals surface area contributed by atoms with Gasteiger partial charge in [-0.05, 0) is 88.1 Å². The van der Waals surface area contributed by atoms with Gasteiger partial charge >= 0.3 is 5.97 Å². The molecule has 4 nitrogen and oxygen atoms in total. The summed E-state index contributed by atoms with van der Waals surface area (Å²) >= 11 is 3.51. The molecule has 0 N–H and O–H groups in total. The lowest BCUT2D eigenvalue weighted by Gasteiger charge is -2.53. The third kappa shape index (κ3) is 3.49. The minimum atomic E-state index is -0.265. The number of likely N-dealkylation sites (N-methyl/N-ethyl adjacent to an activating group) is 1. The summed E-state index contributed by atoms with van der Waals surface area (Å²) < 4.78 is 6.55. The number of carbonyl (C=O) groups is 2. The Balaban J connectivity index is 1.36. The average Bonchev–Trinajstić information content (AvgIpc) is 3.13. The Morgan fingerprint density at radius 2 is 1.74 bits per heavy atom. The van der Waals surface area contributed by atoms with Gasteiger partial charge in [0.05, 0.1) is 0 Å². The van der Waals surface area contributed by atoms with E-state index >= 15 is 0 Å². The van der Waals surface area contributed by atoms with Gasteiger partial charge in [0.25, 0.3) is 0 Å². The molecule has 3 aliphatic carbocycles. The van der Waals surface area contributed by atoms with Crippen molar-refractivity contribution < 1.29 is 14.3 Å². The van der Waals surface area contributed by atoms with Gasteiger partial charge in [0.1, 0.15) is 6.04 Å². The summed E-state index contributed by atoms with van der Waals surface area (Å²) in [6, 6.07) is 8.52. The normalized spacial score (nSPS) is 33.2. The van der Waals surface area contributed by atoms with E-state index in [4.69, 9.17) is 4.74 Å². The molecule has 5 heteroatoms. The minimum absolute atomic E-state index is 0.0472. The van der Waals surface area contributed by atoms with E-state index in [-0.39, 0.29) is 35.2 Å². The van der Waals surface area contributed by atoms with Crippen molar-refractivity contribution >= 4 is 27.7 Å². The van der Waals surface area contributed by atoms with Gasteiger partial charge in [-0.3, -0.25) is 14.5 Å². The third-order valence-corrected chi connectivity index (χ3v) is 7.96. The molecular formula is C22H28BrNO3. The lowest BCUT2D eigenvalue weighted by Crippen LogP contribution is -2.49. The van der Waals surface area contributed by atoms with Crippen molar-refractivity contribution in [1.82, 2.24) is 4.90 Å². The number of halogens is 1. The van der Waals surface area contributed by atoms with Crippen LogP contribution in [-0.4, -0.2) is 42.9 Å². The highest BCUT2D eigenvalue weighted by Gasteiger charge is 2.52. The summed E-state index contributed by atoms with van der Waals surface area (Å²) in [6.07, 6.45) is 7.78. The van der Waals surface area contributed by atoms with Crippen LogP contribution in [0.2, 0.25) is 0 Å². The Labute approximate surface area is 169 Å². The summed E-state index contributed by atoms with van der Waals surface area (Å²) in [5.41, 5.74) is 1.37. The third-order valence-electron chi connectivity index (χ3n) is 7.43. The number of hydrogen-bond donors (Lipinski definition) is 0. The van der Waals surface area contributed by atoms with Crippen LogP contribution in [0.1, 0.15) is 56.9 Å². The molecule has 4 fully saturated rings. The SMILES string of the molecule is CN1CCC[C@H]1C(=O)OCC(=O)C12CCC(c3ccc(Br)cc3)(CC1)CC2. The van der Waals surface area contributed by atoms with Crippen LogP contribution in [-0.2, 0) is 19.7 Å². The van der Waals surface area contributed by atoms with Crippen molar-refractivity contribution in [2.45, 2.75) is 62.8 Å². The lowest BCUT2D eigenvalue weighted by molar-refractivity contribution is -0.156. The molecule has 5 rings (SSSR count). The highest BCUT2D eigenvalue weighted by Crippen LogP contribution is 2.58. The highest BCUT2D eigenvalue weighted by atomic mass is 79.9. The van der Waals surface area contributed by atoms with Crippen molar-refractivity contribution in [2.24, 2.45) is 5.41 Å². The number of Topliss-reactive ketones (excluding diaryl/α,β-unsaturated/α-hetero) is 1. The van der Waals surface area contributed by atoms with Gasteiger partial charge in [-0.15, -0.1) is 0 Å². The van der Waals surface area contributed by atoms with E-state index in [2.05, 4.69) is 40.2 Å². The largest absolute Gasteiger partial charge is 0.456 e. The fraction of sp³-hybridized carbons (Fsp3) is 0.636. The van der Waals surface area contributed by atoms with Crippen LogP contribution < -0.4 is 0 Å². The van der Waals surface area contributed by atoms with Crippen LogP contribution in [0.15, 0.2) is 28.7 Å². The molecule has 0 amide bonds. The maximum atomic E-state index is 13.0. The number of ketones is 1. The van der Waals surface area contributed by atoms with E-state index in [1.807, 2.05) is 11.9 Å². The number of nitrogens with zero attached hydrogens (tertiary/aromatic N) is 1. The van der Waals surface area contributed by atoms with Gasteiger partial charge in [-0.2, -0.15) is 0 Å². The van der Waals surface area contributed by atoms with Crippen molar-refractivity contribution in [1.29, 1.82) is 0 Å². The van der Waals surface area contributed by atoms with Crippen LogP contribution in [0.4, 0.5) is 0 Å². The van der Waals surface area contributed by atoms with E-state index in [1.54, 1.807) is 0 Å². The van der Waals surface area contributed by atoms with Gasteiger partial charge in [0, 0.05) is 9.89 Å². The number of hydrogen-bond acceptors (Lipinski definition) is 4. The summed E-state index contributed by atoms with van der Waals surface area (Å²) in [4.78, 5) is 27.3. The number of likely N-dealkylation sites (tertiary alicyclic amines) is 1. The molecule has 0 aromatic heterocycles. The second-order valence-corrected chi connectivity index (χ2v) is 9.65. The number of esters is 1. The quantitative estimate of drug-likeness (QED) is 0.651. The number of fused-ring (bicyclic) bond motifs is 3. The molecular weight excluding hydrogens is 406 g/mol. The van der Waals surface area contributed by atoms with Gasteiger partial charge in [0.2, 0.25) is 0 Å². The maximum absolute atomic E-state index is 13.0. The topological polar surface area (TPSA) is 46.6 Å². The molecule has 1 saturated heterocycles. The van der Waals surface area contributed by atoms with Gasteiger partial charge < -0.3 is 4.74 Å². The highest BCUT2D eigenvalue weighted by molar-refractivity contribution is 9.10. The molecule has 1 heterocycles. The molecule has 2 bridgehead atoms. The Kier molecular flexibility index (Phi) is 5.19. The fourth-order valence-electron chi connectivity index (χ4n) is 5.43. The molecule has 27 heavy (non-hydrogen) atoms. The number of benzene rings is 1. The molecule has 0 spiro atoms.